The summed E-state index contributed by atoms with van der Waals surface area (Å²) in [6.45, 7) is 10.5. The van der Waals surface area contributed by atoms with Crippen LogP contribution in [-0.4, -0.2) is 118 Å². The number of ketones is 1. The molecule has 0 radical (unpaired) electrons. The number of carbonyl (C=O) groups is 6. The molecule has 3 N–H and O–H groups in total. The second-order valence-corrected chi connectivity index (χ2v) is 31.5. The molecule has 3 fully saturated rings. The van der Waals surface area contributed by atoms with Gasteiger partial charge in [-0.2, -0.15) is 0 Å². The van der Waals surface area contributed by atoms with Gasteiger partial charge in [-0.15, -0.1) is 44.2 Å². The Balaban J connectivity index is 0.000000138. The van der Waals surface area contributed by atoms with E-state index < -0.39 is 28.2 Å². The maximum absolute atomic E-state index is 13.9. The smallest absolute Gasteiger partial charge is 0.310 e. The first kappa shape index (κ1) is 64.9. The van der Waals surface area contributed by atoms with E-state index in [1.54, 1.807) is 34.0 Å². The average Bonchev–Trinajstić information content (AvgIpc) is 1.59. The molecule has 6 heterocycles. The van der Waals surface area contributed by atoms with Crippen LogP contribution in [-0.2, 0) is 43.1 Å². The van der Waals surface area contributed by atoms with Crippen LogP contribution < -0.4 is 5.32 Å². The molecule has 4 aliphatic carbocycles. The number of hydrogen-bond acceptors (Lipinski definition) is 14. The van der Waals surface area contributed by atoms with Gasteiger partial charge in [0.05, 0.1) is 46.5 Å². The van der Waals surface area contributed by atoms with Crippen LogP contribution in [0, 0.1) is 22.2 Å². The van der Waals surface area contributed by atoms with Gasteiger partial charge in [0, 0.05) is 85.9 Å². The molecule has 2 aliphatic heterocycles. The summed E-state index contributed by atoms with van der Waals surface area (Å²) in [4.78, 5) is 85.4. The lowest BCUT2D eigenvalue weighted by atomic mass is 9.73. The van der Waals surface area contributed by atoms with Crippen molar-refractivity contribution in [3.63, 3.8) is 0 Å². The lowest BCUT2D eigenvalue weighted by molar-refractivity contribution is -0.149. The van der Waals surface area contributed by atoms with Crippen molar-refractivity contribution in [2.24, 2.45) is 22.2 Å². The number of morpholine rings is 2. The van der Waals surface area contributed by atoms with E-state index in [1.165, 1.54) is 9.75 Å². The fourth-order valence-corrected chi connectivity index (χ4v) is 19.4. The van der Waals surface area contributed by atoms with Crippen LogP contribution >= 0.6 is 61.3 Å². The average molecular weight is 1400 g/mol. The Labute approximate surface area is 570 Å². The first-order valence-electron chi connectivity index (χ1n) is 31.7. The quantitative estimate of drug-likeness (QED) is 0.0870. The third kappa shape index (κ3) is 13.1. The number of benzene rings is 5. The molecule has 2 saturated heterocycles. The highest BCUT2D eigenvalue weighted by molar-refractivity contribution is 9.11. The van der Waals surface area contributed by atoms with Crippen molar-refractivity contribution in [2.75, 3.05) is 57.9 Å². The molecular weight excluding hydrogens is 1330 g/mol. The molecule has 1 saturated carbocycles. The Kier molecular flexibility index (Phi) is 18.7. The van der Waals surface area contributed by atoms with Crippen LogP contribution in [0.4, 0.5) is 5.13 Å². The Morgan fingerprint density at radius 3 is 1.33 bits per heavy atom. The SMILES string of the molecule is C[C@]1(C(=O)Nc2nnc(C(=O)CC3CC3)s2)Cc2sc(-c3ccc(C(=O)N4CCOCC4)cc3)cc2[C@H]1c1ccccc1.C[C@]1(C(=O)O)Cc2sc(-c3ccc(C(=O)N4CCOCC4)cc3)cc2[C@H]1c1ccccc1.C[C@]1(C(=O)O)Cc2sc(Br)cc2[C@H]1c1ccccc1. The van der Waals surface area contributed by atoms with Crippen molar-refractivity contribution in [2.45, 2.75) is 77.0 Å². The van der Waals surface area contributed by atoms with Gasteiger partial charge in [-0.1, -0.05) is 127 Å². The maximum Gasteiger partial charge on any atom is 0.310 e. The number of carboxylic acid groups (broad SMARTS) is 2. The van der Waals surface area contributed by atoms with Crippen LogP contribution in [0.2, 0.25) is 0 Å². The number of carbonyl (C=O) groups excluding carboxylic acids is 4. The molecule has 9 aromatic rings. The molecule has 3 amide bonds. The van der Waals surface area contributed by atoms with Gasteiger partial charge >= 0.3 is 11.9 Å². The maximum atomic E-state index is 13.9. The largest absolute Gasteiger partial charge is 0.481 e. The molecule has 6 aliphatic rings. The zero-order chi connectivity index (χ0) is 65.5. The number of carboxylic acids is 2. The highest BCUT2D eigenvalue weighted by atomic mass is 79.9. The summed E-state index contributed by atoms with van der Waals surface area (Å²) < 4.78 is 11.8. The van der Waals surface area contributed by atoms with Gasteiger partial charge in [-0.25, -0.2) is 0 Å². The highest BCUT2D eigenvalue weighted by Crippen LogP contribution is 2.58. The van der Waals surface area contributed by atoms with Crippen LogP contribution in [0.25, 0.3) is 20.9 Å². The Morgan fingerprint density at radius 2 is 0.915 bits per heavy atom. The first-order chi connectivity index (χ1) is 45.4. The summed E-state index contributed by atoms with van der Waals surface area (Å²) in [7, 11) is 0. The van der Waals surface area contributed by atoms with E-state index in [-0.39, 0.29) is 41.3 Å². The predicted molar refractivity (Wildman–Crippen MR) is 371 cm³/mol. The van der Waals surface area contributed by atoms with Crippen molar-refractivity contribution in [3.05, 3.63) is 226 Å². The predicted octanol–water partition coefficient (Wildman–Crippen LogP) is 15.0. The number of nitrogens with one attached hydrogen (secondary N) is 1. The molecule has 15 nitrogen and oxygen atoms in total. The minimum Gasteiger partial charge on any atom is -0.481 e. The second kappa shape index (κ2) is 27.1. The molecule has 0 unspecified atom stereocenters. The number of rotatable bonds is 14. The molecule has 0 spiro atoms. The van der Waals surface area contributed by atoms with Gasteiger partial charge in [0.15, 0.2) is 10.8 Å². The van der Waals surface area contributed by atoms with Crippen LogP contribution in [0.3, 0.4) is 0 Å². The van der Waals surface area contributed by atoms with E-state index >= 15 is 0 Å². The van der Waals surface area contributed by atoms with Crippen molar-refractivity contribution in [3.8, 4) is 20.9 Å². The monoisotopic (exact) mass is 1400 g/mol. The molecule has 6 atom stereocenters. The number of thiophene rings is 3. The third-order valence-corrected chi connectivity index (χ3v) is 24.2. The standard InChI is InChI=1S/C33H32N4O4S2.C26H25NO4S.C15H13BrO2S/c1-33(31(40)34-32-36-35-29(43-32)25(38)17-20-7-8-20)19-27-24(28(33)22-5-3-2-4-6-22)18-26(42-27)21-9-11-23(12-10-21)30(39)37-13-15-41-16-14-37;1-26(25(29)30)16-22-20(23(26)18-5-3-2-4-6-18)15-21(32-22)17-7-9-19(10-8-17)24(28)27-11-13-31-14-12-27;1-15(14(17)18)8-11-10(7-12(16)19-11)13(15)9-5-3-2-4-6-9/h2-6,9-12,18,20,28H,7-8,13-17,19H2,1H3,(H,34,36,40);2-10,15,23H,11-14,16H2,1H3,(H,29,30);2-7,13H,8H2,1H3,(H,17,18)/t28-,33+;23-,26+;13-,15+/m111/s1. The van der Waals surface area contributed by atoms with Gasteiger partial charge < -0.3 is 29.5 Å². The van der Waals surface area contributed by atoms with E-state index in [2.05, 4.69) is 61.8 Å². The van der Waals surface area contributed by atoms with E-state index in [0.717, 1.165) is 87.1 Å². The van der Waals surface area contributed by atoms with Crippen molar-refractivity contribution in [1.29, 1.82) is 0 Å². The van der Waals surface area contributed by atoms with E-state index in [4.69, 9.17) is 9.47 Å². The Morgan fingerprint density at radius 1 is 0.521 bits per heavy atom. The summed E-state index contributed by atoms with van der Waals surface area (Å²) in [6.07, 6.45) is 4.41. The van der Waals surface area contributed by atoms with Crippen molar-refractivity contribution < 1.29 is 48.5 Å². The van der Waals surface area contributed by atoms with Gasteiger partial charge in [-0.3, -0.25) is 34.1 Å². The molecule has 94 heavy (non-hydrogen) atoms. The van der Waals surface area contributed by atoms with Gasteiger partial charge in [-0.05, 0) is 162 Å². The number of Topliss-reactive ketones (excluding diaryl/α,β-unsaturated/α-hetero) is 1. The number of fused-ring (bicyclic) bond motifs is 3. The van der Waals surface area contributed by atoms with Crippen LogP contribution in [0.15, 0.2) is 162 Å². The number of ether oxygens (including phenoxy) is 2. The fourth-order valence-electron chi connectivity index (χ4n) is 14.0. The second-order valence-electron chi connectivity index (χ2n) is 25.7. The zero-order valence-electron chi connectivity index (χ0n) is 52.2. The number of halogens is 1. The number of amides is 3. The normalized spacial score (nSPS) is 22.6. The van der Waals surface area contributed by atoms with E-state index in [0.29, 0.717) is 105 Å². The molecular formula is C74H70BrN5O10S4. The summed E-state index contributed by atoms with van der Waals surface area (Å²) >= 11 is 9.67. The first-order valence-corrected chi connectivity index (χ1v) is 35.7. The summed E-state index contributed by atoms with van der Waals surface area (Å²) in [6, 6.07) is 52.0. The molecule has 0 bridgehead atoms. The lowest BCUT2D eigenvalue weighted by Crippen LogP contribution is -2.40. The number of aromatic nitrogens is 2. The number of hydrogen-bond donors (Lipinski definition) is 3. The summed E-state index contributed by atoms with van der Waals surface area (Å²) in [5.41, 5.74) is 7.71. The summed E-state index contributed by atoms with van der Waals surface area (Å²) in [5.74, 6) is -1.47. The van der Waals surface area contributed by atoms with E-state index in [9.17, 15) is 39.0 Å². The Hall–Kier alpha value is -7.82. The fraction of sp³-hybridized carbons (Fsp3) is 0.324. The lowest BCUT2D eigenvalue weighted by Gasteiger charge is -2.31. The van der Waals surface area contributed by atoms with Gasteiger partial charge in [0.25, 0.3) is 11.8 Å². The number of anilines is 1. The van der Waals surface area contributed by atoms with Crippen LogP contribution in [0.1, 0.15) is 136 Å². The highest BCUT2D eigenvalue weighted by Gasteiger charge is 2.53. The molecule has 482 valence electrons. The van der Waals surface area contributed by atoms with Crippen molar-refractivity contribution in [1.82, 2.24) is 20.0 Å². The van der Waals surface area contributed by atoms with Crippen LogP contribution in [0.5, 0.6) is 0 Å². The minimum absolute atomic E-state index is 0.00272. The molecule has 15 rings (SSSR count). The molecule has 4 aromatic heterocycles. The van der Waals surface area contributed by atoms with Gasteiger partial charge in [0.2, 0.25) is 11.0 Å². The Bertz CT molecular complexity index is 4290. The summed E-state index contributed by atoms with van der Waals surface area (Å²) in [5, 5.41) is 31.6. The number of aliphatic carboxylic acids is 2. The topological polar surface area (TPSA) is 206 Å². The van der Waals surface area contributed by atoms with E-state index in [1.807, 2.05) is 158 Å². The zero-order valence-corrected chi connectivity index (χ0v) is 57.0. The molecule has 5 aromatic carbocycles. The van der Waals surface area contributed by atoms with Crippen molar-refractivity contribution >= 4 is 102 Å². The number of nitrogens with zero attached hydrogens (tertiary/aromatic N) is 4. The minimum atomic E-state index is -0.852. The third-order valence-electron chi connectivity index (χ3n) is 19.3. The van der Waals surface area contributed by atoms with Gasteiger partial charge in [0.1, 0.15) is 0 Å². The molecule has 20 heteroatoms.